The Hall–Kier alpha value is -2.34. The number of nitrogen functional groups attached to an aromatic ring is 1. The SMILES string of the molecule is COC(=O)CCc1ccc(OC)c(Sc2ccccc2N)c1O. The molecule has 2 aromatic carbocycles. The molecular weight excluding hydrogens is 314 g/mol. The number of aryl methyl sites for hydroxylation is 1. The van der Waals surface area contributed by atoms with Gasteiger partial charge in [0.15, 0.2) is 0 Å². The van der Waals surface area contributed by atoms with E-state index in [2.05, 4.69) is 4.74 Å². The van der Waals surface area contributed by atoms with E-state index in [1.54, 1.807) is 25.3 Å². The molecule has 0 saturated heterocycles. The highest BCUT2D eigenvalue weighted by Crippen LogP contribution is 2.44. The van der Waals surface area contributed by atoms with Crippen LogP contribution in [0.5, 0.6) is 11.5 Å². The van der Waals surface area contributed by atoms with Crippen molar-refractivity contribution < 1.29 is 19.4 Å². The van der Waals surface area contributed by atoms with E-state index in [4.69, 9.17) is 10.5 Å². The monoisotopic (exact) mass is 333 g/mol. The van der Waals surface area contributed by atoms with Gasteiger partial charge in [-0.3, -0.25) is 4.79 Å². The van der Waals surface area contributed by atoms with Gasteiger partial charge in [-0.2, -0.15) is 0 Å². The molecule has 0 aliphatic heterocycles. The van der Waals surface area contributed by atoms with Crippen molar-refractivity contribution in [3.8, 4) is 11.5 Å². The Bertz CT molecular complexity index is 703. The molecule has 0 bridgehead atoms. The molecule has 23 heavy (non-hydrogen) atoms. The molecule has 2 aromatic rings. The number of carbonyl (C=O) groups excluding carboxylic acids is 1. The van der Waals surface area contributed by atoms with E-state index in [1.165, 1.54) is 18.9 Å². The molecule has 5 nitrogen and oxygen atoms in total. The van der Waals surface area contributed by atoms with E-state index < -0.39 is 0 Å². The van der Waals surface area contributed by atoms with Gasteiger partial charge in [0.25, 0.3) is 0 Å². The Morgan fingerprint density at radius 2 is 1.96 bits per heavy atom. The number of rotatable bonds is 6. The third-order valence-electron chi connectivity index (χ3n) is 3.36. The average Bonchev–Trinajstić information content (AvgIpc) is 2.57. The Morgan fingerprint density at radius 3 is 2.61 bits per heavy atom. The summed E-state index contributed by atoms with van der Waals surface area (Å²) < 4.78 is 9.96. The number of para-hydroxylation sites is 1. The first-order chi connectivity index (χ1) is 11.1. The number of nitrogens with two attached hydrogens (primary N) is 1. The maximum absolute atomic E-state index is 11.3. The predicted octanol–water partition coefficient (Wildman–Crippen LogP) is 3.24. The zero-order valence-corrected chi connectivity index (χ0v) is 13.9. The topological polar surface area (TPSA) is 81.8 Å². The van der Waals surface area contributed by atoms with Crippen LogP contribution in [0.1, 0.15) is 12.0 Å². The van der Waals surface area contributed by atoms with Gasteiger partial charge in [-0.25, -0.2) is 0 Å². The van der Waals surface area contributed by atoms with Crippen LogP contribution in [0.3, 0.4) is 0 Å². The second-order valence-electron chi connectivity index (χ2n) is 4.82. The number of aromatic hydroxyl groups is 1. The van der Waals surface area contributed by atoms with Gasteiger partial charge in [0.1, 0.15) is 11.5 Å². The van der Waals surface area contributed by atoms with E-state index in [-0.39, 0.29) is 18.1 Å². The number of phenols is 1. The lowest BCUT2D eigenvalue weighted by atomic mass is 10.1. The zero-order chi connectivity index (χ0) is 16.8. The Balaban J connectivity index is 2.33. The number of esters is 1. The van der Waals surface area contributed by atoms with Crippen molar-refractivity contribution in [3.05, 3.63) is 42.0 Å². The van der Waals surface area contributed by atoms with Crippen molar-refractivity contribution in [1.82, 2.24) is 0 Å². The minimum atomic E-state index is -0.318. The molecule has 0 spiro atoms. The standard InChI is InChI=1S/C17H19NO4S/c1-21-13-9-7-11(8-10-15(19)22-2)16(20)17(13)23-14-6-4-3-5-12(14)18/h3-7,9,20H,8,10,18H2,1-2H3. The summed E-state index contributed by atoms with van der Waals surface area (Å²) in [5.41, 5.74) is 7.24. The van der Waals surface area contributed by atoms with Crippen molar-refractivity contribution in [3.63, 3.8) is 0 Å². The second-order valence-corrected chi connectivity index (χ2v) is 5.87. The number of hydrogen-bond acceptors (Lipinski definition) is 6. The van der Waals surface area contributed by atoms with Gasteiger partial charge in [0, 0.05) is 17.0 Å². The van der Waals surface area contributed by atoms with Crippen molar-refractivity contribution in [2.24, 2.45) is 0 Å². The molecule has 122 valence electrons. The lowest BCUT2D eigenvalue weighted by Gasteiger charge is -2.14. The third kappa shape index (κ3) is 4.10. The first-order valence-electron chi connectivity index (χ1n) is 7.04. The highest BCUT2D eigenvalue weighted by Gasteiger charge is 2.16. The van der Waals surface area contributed by atoms with E-state index in [9.17, 15) is 9.90 Å². The number of ether oxygens (including phenoxy) is 2. The predicted molar refractivity (Wildman–Crippen MR) is 90.0 cm³/mol. The molecule has 2 rings (SSSR count). The maximum Gasteiger partial charge on any atom is 0.305 e. The van der Waals surface area contributed by atoms with Crippen LogP contribution in [0.2, 0.25) is 0 Å². The van der Waals surface area contributed by atoms with E-state index >= 15 is 0 Å². The minimum absolute atomic E-state index is 0.0986. The van der Waals surface area contributed by atoms with Gasteiger partial charge in [0.05, 0.1) is 19.1 Å². The first-order valence-corrected chi connectivity index (χ1v) is 7.86. The molecule has 3 N–H and O–H groups in total. The van der Waals surface area contributed by atoms with Crippen LogP contribution < -0.4 is 10.5 Å². The molecule has 0 unspecified atom stereocenters. The molecule has 0 aliphatic rings. The average molecular weight is 333 g/mol. The number of methoxy groups -OCH3 is 2. The van der Waals surface area contributed by atoms with Gasteiger partial charge in [-0.05, 0) is 30.2 Å². The number of benzene rings is 2. The van der Waals surface area contributed by atoms with Crippen molar-refractivity contribution >= 4 is 23.4 Å². The van der Waals surface area contributed by atoms with Gasteiger partial charge in [-0.1, -0.05) is 30.0 Å². The summed E-state index contributed by atoms with van der Waals surface area (Å²) in [6, 6.07) is 10.9. The lowest BCUT2D eigenvalue weighted by molar-refractivity contribution is -0.140. The molecule has 0 radical (unpaired) electrons. The minimum Gasteiger partial charge on any atom is -0.506 e. The second kappa shape index (κ2) is 7.78. The number of phenolic OH excluding ortho intramolecular Hbond substituents is 1. The van der Waals surface area contributed by atoms with Crippen LogP contribution in [-0.4, -0.2) is 25.3 Å². The van der Waals surface area contributed by atoms with Crippen molar-refractivity contribution in [2.75, 3.05) is 20.0 Å². The lowest BCUT2D eigenvalue weighted by Crippen LogP contribution is -2.02. The summed E-state index contributed by atoms with van der Waals surface area (Å²) in [7, 11) is 2.89. The Kier molecular flexibility index (Phi) is 5.76. The van der Waals surface area contributed by atoms with Crippen LogP contribution in [-0.2, 0) is 16.0 Å². The molecule has 0 saturated carbocycles. The molecule has 0 atom stereocenters. The fourth-order valence-corrected chi connectivity index (χ4v) is 3.11. The van der Waals surface area contributed by atoms with Crippen LogP contribution in [0.15, 0.2) is 46.2 Å². The zero-order valence-electron chi connectivity index (χ0n) is 13.0. The highest BCUT2D eigenvalue weighted by atomic mass is 32.2. The fourth-order valence-electron chi connectivity index (χ4n) is 2.08. The number of carbonyl (C=O) groups is 1. The summed E-state index contributed by atoms with van der Waals surface area (Å²) in [4.78, 5) is 12.7. The van der Waals surface area contributed by atoms with E-state index in [0.29, 0.717) is 28.3 Å². The summed E-state index contributed by atoms with van der Waals surface area (Å²) >= 11 is 1.33. The summed E-state index contributed by atoms with van der Waals surface area (Å²) in [5.74, 6) is 0.334. The third-order valence-corrected chi connectivity index (χ3v) is 4.55. The fraction of sp³-hybridized carbons (Fsp3) is 0.235. The Morgan fingerprint density at radius 1 is 1.22 bits per heavy atom. The quantitative estimate of drug-likeness (QED) is 0.624. The first kappa shape index (κ1) is 17.0. The van der Waals surface area contributed by atoms with E-state index in [0.717, 1.165) is 4.90 Å². The number of hydrogen-bond donors (Lipinski definition) is 2. The molecule has 6 heteroatoms. The molecule has 0 aliphatic carbocycles. The number of anilines is 1. The molecule has 0 aromatic heterocycles. The summed E-state index contributed by atoms with van der Waals surface area (Å²) in [6.45, 7) is 0. The van der Waals surface area contributed by atoms with Crippen molar-refractivity contribution in [1.29, 1.82) is 0 Å². The van der Waals surface area contributed by atoms with Crippen LogP contribution in [0.4, 0.5) is 5.69 Å². The van der Waals surface area contributed by atoms with Gasteiger partial charge >= 0.3 is 5.97 Å². The van der Waals surface area contributed by atoms with Gasteiger partial charge < -0.3 is 20.3 Å². The molecular formula is C17H19NO4S. The van der Waals surface area contributed by atoms with Gasteiger partial charge in [0.2, 0.25) is 0 Å². The normalized spacial score (nSPS) is 10.3. The van der Waals surface area contributed by atoms with Crippen LogP contribution in [0.25, 0.3) is 0 Å². The Labute approximate surface area is 139 Å². The summed E-state index contributed by atoms with van der Waals surface area (Å²) in [5, 5.41) is 10.5. The van der Waals surface area contributed by atoms with Crippen molar-refractivity contribution in [2.45, 2.75) is 22.6 Å². The molecule has 0 amide bonds. The van der Waals surface area contributed by atoms with Crippen LogP contribution in [0, 0.1) is 0 Å². The largest absolute Gasteiger partial charge is 0.506 e. The van der Waals surface area contributed by atoms with Crippen LogP contribution >= 0.6 is 11.8 Å². The maximum atomic E-state index is 11.3. The molecule has 0 heterocycles. The summed E-state index contributed by atoms with van der Waals surface area (Å²) in [6.07, 6.45) is 0.592. The smallest absolute Gasteiger partial charge is 0.305 e. The van der Waals surface area contributed by atoms with Gasteiger partial charge in [-0.15, -0.1) is 0 Å². The highest BCUT2D eigenvalue weighted by molar-refractivity contribution is 7.99. The van der Waals surface area contributed by atoms with E-state index in [1.807, 2.05) is 18.2 Å². The molecule has 0 fully saturated rings.